The van der Waals surface area contributed by atoms with Crippen molar-refractivity contribution >= 4 is 17.2 Å². The molecule has 0 saturated heterocycles. The van der Waals surface area contributed by atoms with Crippen LogP contribution in [-0.4, -0.2) is 24.5 Å². The largest absolute Gasteiger partial charge is 0.496 e. The number of aromatic nitrogens is 1. The summed E-state index contributed by atoms with van der Waals surface area (Å²) < 4.78 is 32.0. The number of hydrogen-bond donors (Lipinski definition) is 1. The summed E-state index contributed by atoms with van der Waals surface area (Å²) in [6.07, 6.45) is 1.39. The van der Waals surface area contributed by atoms with E-state index in [2.05, 4.69) is 10.3 Å². The number of rotatable bonds is 6. The molecule has 2 aromatic rings. The molecule has 0 saturated carbocycles. The van der Waals surface area contributed by atoms with Gasteiger partial charge in [0, 0.05) is 17.8 Å². The summed E-state index contributed by atoms with van der Waals surface area (Å²) >= 11 is 1.63. The van der Waals surface area contributed by atoms with E-state index in [0.717, 1.165) is 23.2 Å². The Labute approximate surface area is 137 Å². The summed E-state index contributed by atoms with van der Waals surface area (Å²) in [7, 11) is 1.30. The fraction of sp³-hybridized carbons (Fsp3) is 0.375. The SMILES string of the molecule is COc1ccc(F)c(F)c1C(=O)NCCCc1nc(C)c(C)s1. The van der Waals surface area contributed by atoms with Crippen LogP contribution in [0.5, 0.6) is 5.75 Å². The first-order valence-corrected chi connectivity index (χ1v) is 7.98. The first kappa shape index (κ1) is 17.3. The summed E-state index contributed by atoms with van der Waals surface area (Å²) in [5.41, 5.74) is 0.606. The maximum Gasteiger partial charge on any atom is 0.258 e. The Kier molecular flexibility index (Phi) is 5.65. The number of ether oxygens (including phenoxy) is 1. The minimum atomic E-state index is -1.20. The molecule has 2 rings (SSSR count). The average molecular weight is 340 g/mol. The van der Waals surface area contributed by atoms with E-state index < -0.39 is 23.1 Å². The van der Waals surface area contributed by atoms with Crippen molar-refractivity contribution in [3.63, 3.8) is 0 Å². The summed E-state index contributed by atoms with van der Waals surface area (Å²) in [4.78, 5) is 17.6. The van der Waals surface area contributed by atoms with Crippen molar-refractivity contribution in [1.29, 1.82) is 0 Å². The summed E-state index contributed by atoms with van der Waals surface area (Å²) in [5, 5.41) is 3.59. The fourth-order valence-electron chi connectivity index (χ4n) is 2.09. The molecule has 124 valence electrons. The van der Waals surface area contributed by atoms with Crippen LogP contribution in [0, 0.1) is 25.5 Å². The molecule has 1 amide bonds. The van der Waals surface area contributed by atoms with Gasteiger partial charge in [0.15, 0.2) is 11.6 Å². The molecule has 4 nitrogen and oxygen atoms in total. The van der Waals surface area contributed by atoms with Gasteiger partial charge in [-0.2, -0.15) is 0 Å². The first-order chi connectivity index (χ1) is 10.9. The summed E-state index contributed by atoms with van der Waals surface area (Å²) in [6.45, 7) is 4.31. The van der Waals surface area contributed by atoms with Gasteiger partial charge in [0.05, 0.1) is 17.8 Å². The number of thiazole rings is 1. The molecule has 0 aliphatic rings. The second-order valence-electron chi connectivity index (χ2n) is 5.05. The number of nitrogens with one attached hydrogen (secondary N) is 1. The quantitative estimate of drug-likeness (QED) is 0.820. The molecule has 0 aliphatic heterocycles. The van der Waals surface area contributed by atoms with Gasteiger partial charge in [-0.3, -0.25) is 4.79 Å². The van der Waals surface area contributed by atoms with Crippen LogP contribution in [-0.2, 0) is 6.42 Å². The van der Waals surface area contributed by atoms with E-state index in [1.165, 1.54) is 18.1 Å². The Hall–Kier alpha value is -2.02. The van der Waals surface area contributed by atoms with Crippen LogP contribution >= 0.6 is 11.3 Å². The molecule has 0 bridgehead atoms. The van der Waals surface area contributed by atoms with Crippen molar-refractivity contribution in [2.45, 2.75) is 26.7 Å². The number of carbonyl (C=O) groups is 1. The lowest BCUT2D eigenvalue weighted by Crippen LogP contribution is -2.26. The van der Waals surface area contributed by atoms with Crippen LogP contribution in [0.4, 0.5) is 8.78 Å². The van der Waals surface area contributed by atoms with Gasteiger partial charge in [-0.25, -0.2) is 13.8 Å². The molecule has 23 heavy (non-hydrogen) atoms. The summed E-state index contributed by atoms with van der Waals surface area (Å²) in [6, 6.07) is 2.16. The van der Waals surface area contributed by atoms with Gasteiger partial charge in [0.1, 0.15) is 11.3 Å². The van der Waals surface area contributed by atoms with Gasteiger partial charge in [-0.05, 0) is 32.4 Å². The highest BCUT2D eigenvalue weighted by molar-refractivity contribution is 7.11. The van der Waals surface area contributed by atoms with E-state index in [1.807, 2.05) is 13.8 Å². The maximum absolute atomic E-state index is 13.8. The Morgan fingerprint density at radius 2 is 2.09 bits per heavy atom. The monoisotopic (exact) mass is 340 g/mol. The van der Waals surface area contributed by atoms with Gasteiger partial charge in [0.2, 0.25) is 0 Å². The second kappa shape index (κ2) is 7.50. The lowest BCUT2D eigenvalue weighted by atomic mass is 10.1. The highest BCUT2D eigenvalue weighted by Gasteiger charge is 2.20. The number of nitrogens with zero attached hydrogens (tertiary/aromatic N) is 1. The molecule has 0 aliphatic carbocycles. The van der Waals surface area contributed by atoms with Gasteiger partial charge < -0.3 is 10.1 Å². The predicted molar refractivity (Wildman–Crippen MR) is 85.2 cm³/mol. The van der Waals surface area contributed by atoms with Crippen LogP contribution in [0.3, 0.4) is 0 Å². The van der Waals surface area contributed by atoms with Crippen molar-refractivity contribution in [3.8, 4) is 5.75 Å². The zero-order valence-electron chi connectivity index (χ0n) is 13.2. The van der Waals surface area contributed by atoms with Gasteiger partial charge in [-0.1, -0.05) is 0 Å². The Bertz CT molecular complexity index is 697. The lowest BCUT2D eigenvalue weighted by Gasteiger charge is -2.10. The van der Waals surface area contributed by atoms with Gasteiger partial charge >= 0.3 is 0 Å². The molecule has 1 N–H and O–H groups in total. The second-order valence-corrected chi connectivity index (χ2v) is 6.34. The number of amides is 1. The van der Waals surface area contributed by atoms with Crippen LogP contribution in [0.25, 0.3) is 0 Å². The van der Waals surface area contributed by atoms with Gasteiger partial charge in [0.25, 0.3) is 5.91 Å². The predicted octanol–water partition coefficient (Wildman–Crippen LogP) is 3.41. The van der Waals surface area contributed by atoms with Crippen LogP contribution in [0.2, 0.25) is 0 Å². The topological polar surface area (TPSA) is 51.2 Å². The number of carbonyl (C=O) groups excluding carboxylic acids is 1. The van der Waals surface area contributed by atoms with Crippen molar-refractivity contribution in [2.24, 2.45) is 0 Å². The van der Waals surface area contributed by atoms with Crippen LogP contribution < -0.4 is 10.1 Å². The number of aryl methyl sites for hydroxylation is 3. The lowest BCUT2D eigenvalue weighted by molar-refractivity contribution is 0.0944. The maximum atomic E-state index is 13.8. The van der Waals surface area contributed by atoms with Crippen molar-refractivity contribution in [1.82, 2.24) is 10.3 Å². The Morgan fingerprint density at radius 3 is 2.70 bits per heavy atom. The standard InChI is InChI=1S/C16H18F2N2O2S/c1-9-10(2)23-13(20-9)5-4-8-19-16(21)14-12(22-3)7-6-11(17)15(14)18/h6-7H,4-5,8H2,1-3H3,(H,19,21). The Morgan fingerprint density at radius 1 is 1.35 bits per heavy atom. The van der Waals surface area contributed by atoms with E-state index >= 15 is 0 Å². The molecule has 0 unspecified atom stereocenters. The fourth-order valence-corrected chi connectivity index (χ4v) is 3.07. The van der Waals surface area contributed by atoms with E-state index in [0.29, 0.717) is 13.0 Å². The number of methoxy groups -OCH3 is 1. The Balaban J connectivity index is 1.94. The molecule has 1 aromatic heterocycles. The summed E-state index contributed by atoms with van der Waals surface area (Å²) in [5.74, 6) is -2.96. The molecule has 0 spiro atoms. The first-order valence-electron chi connectivity index (χ1n) is 7.17. The third-order valence-corrected chi connectivity index (χ3v) is 4.56. The molecule has 0 fully saturated rings. The number of halogens is 2. The molecule has 0 radical (unpaired) electrons. The van der Waals surface area contributed by atoms with Crippen molar-refractivity contribution in [3.05, 3.63) is 44.9 Å². The highest BCUT2D eigenvalue weighted by Crippen LogP contribution is 2.23. The van der Waals surface area contributed by atoms with E-state index in [1.54, 1.807) is 11.3 Å². The van der Waals surface area contributed by atoms with E-state index in [-0.39, 0.29) is 5.75 Å². The molecule has 0 atom stereocenters. The number of benzene rings is 1. The molecule has 1 heterocycles. The molecule has 7 heteroatoms. The van der Waals surface area contributed by atoms with E-state index in [9.17, 15) is 13.6 Å². The van der Waals surface area contributed by atoms with Crippen LogP contribution in [0.1, 0.15) is 32.4 Å². The smallest absolute Gasteiger partial charge is 0.258 e. The zero-order valence-corrected chi connectivity index (χ0v) is 14.0. The normalized spacial score (nSPS) is 10.7. The zero-order chi connectivity index (χ0) is 17.0. The molecule has 1 aromatic carbocycles. The highest BCUT2D eigenvalue weighted by atomic mass is 32.1. The van der Waals surface area contributed by atoms with E-state index in [4.69, 9.17) is 4.74 Å². The van der Waals surface area contributed by atoms with Gasteiger partial charge in [-0.15, -0.1) is 11.3 Å². The minimum absolute atomic E-state index is 0.00701. The number of hydrogen-bond acceptors (Lipinski definition) is 4. The third-order valence-electron chi connectivity index (χ3n) is 3.43. The minimum Gasteiger partial charge on any atom is -0.496 e. The molecular weight excluding hydrogens is 322 g/mol. The van der Waals surface area contributed by atoms with Crippen LogP contribution in [0.15, 0.2) is 12.1 Å². The third kappa shape index (κ3) is 4.04. The molecular formula is C16H18F2N2O2S. The van der Waals surface area contributed by atoms with Crippen molar-refractivity contribution < 1.29 is 18.3 Å². The average Bonchev–Trinajstić information content (AvgIpc) is 2.84. The van der Waals surface area contributed by atoms with Crippen molar-refractivity contribution in [2.75, 3.05) is 13.7 Å².